The minimum atomic E-state index is 0.429. The lowest BCUT2D eigenvalue weighted by molar-refractivity contribution is 0.188. The molecular formula is C28H33N7O. The Labute approximate surface area is 211 Å². The number of H-pyrrole nitrogens is 1. The van der Waals surface area contributed by atoms with Crippen LogP contribution in [-0.4, -0.2) is 76.5 Å². The maximum Gasteiger partial charge on any atom is 0.319 e. The van der Waals surface area contributed by atoms with E-state index >= 15 is 0 Å². The first-order chi connectivity index (χ1) is 17.6. The average molecular weight is 484 g/mol. The molecule has 3 aliphatic heterocycles. The monoisotopic (exact) mass is 483 g/mol. The van der Waals surface area contributed by atoms with Crippen LogP contribution >= 0.6 is 0 Å². The highest BCUT2D eigenvalue weighted by molar-refractivity contribution is 5.94. The Hall–Kier alpha value is -3.23. The van der Waals surface area contributed by atoms with Crippen LogP contribution in [0.4, 0.5) is 5.82 Å². The number of nitrogens with one attached hydrogen (secondary N) is 2. The molecule has 2 N–H and O–H groups in total. The van der Waals surface area contributed by atoms with Crippen molar-refractivity contribution in [3.8, 4) is 17.1 Å². The number of anilines is 1. The summed E-state index contributed by atoms with van der Waals surface area (Å²) in [4.78, 5) is 14.7. The Morgan fingerprint density at radius 3 is 2.44 bits per heavy atom. The summed E-state index contributed by atoms with van der Waals surface area (Å²) in [6, 6.07) is 15.0. The normalized spacial score (nSPS) is 24.3. The van der Waals surface area contributed by atoms with Gasteiger partial charge in [-0.15, -0.1) is 0 Å². The molecule has 0 saturated carbocycles. The highest BCUT2D eigenvalue weighted by atomic mass is 16.5. The molecule has 2 aromatic heterocycles. The number of aromatic nitrogens is 4. The van der Waals surface area contributed by atoms with Crippen LogP contribution in [0.2, 0.25) is 0 Å². The van der Waals surface area contributed by atoms with Gasteiger partial charge in [-0.3, -0.25) is 5.10 Å². The molecule has 0 aliphatic carbocycles. The molecule has 5 heterocycles. The Morgan fingerprint density at radius 1 is 0.944 bits per heavy atom. The molecule has 2 unspecified atom stereocenters. The van der Waals surface area contributed by atoms with Gasteiger partial charge in [-0.2, -0.15) is 15.1 Å². The number of piperazine rings is 1. The molecule has 8 heteroatoms. The Kier molecular flexibility index (Phi) is 5.32. The summed E-state index contributed by atoms with van der Waals surface area (Å²) < 4.78 is 6.25. The van der Waals surface area contributed by atoms with Crippen LogP contribution in [0, 0.1) is 6.92 Å². The molecule has 7 rings (SSSR count). The first-order valence-corrected chi connectivity index (χ1v) is 13.2. The van der Waals surface area contributed by atoms with Crippen LogP contribution in [0.15, 0.2) is 36.4 Å². The second-order valence-corrected chi connectivity index (χ2v) is 10.8. The van der Waals surface area contributed by atoms with Crippen molar-refractivity contribution in [1.29, 1.82) is 0 Å². The van der Waals surface area contributed by atoms with E-state index in [-0.39, 0.29) is 0 Å². The first-order valence-electron chi connectivity index (χ1n) is 13.2. The number of benzene rings is 2. The summed E-state index contributed by atoms with van der Waals surface area (Å²) in [6.45, 7) is 5.76. The number of aromatic amines is 1. The van der Waals surface area contributed by atoms with Crippen molar-refractivity contribution >= 4 is 27.6 Å². The molecular weight excluding hydrogens is 450 g/mol. The van der Waals surface area contributed by atoms with E-state index in [1.807, 2.05) is 0 Å². The van der Waals surface area contributed by atoms with Crippen molar-refractivity contribution in [3.05, 3.63) is 42.1 Å². The van der Waals surface area contributed by atoms with Gasteiger partial charge in [0.2, 0.25) is 0 Å². The third-order valence-corrected chi connectivity index (χ3v) is 8.33. The zero-order chi connectivity index (χ0) is 24.2. The summed E-state index contributed by atoms with van der Waals surface area (Å²) in [6.07, 6.45) is 4.86. The van der Waals surface area contributed by atoms with Crippen molar-refractivity contribution in [3.63, 3.8) is 0 Å². The van der Waals surface area contributed by atoms with E-state index in [0.29, 0.717) is 30.7 Å². The average Bonchev–Trinajstić information content (AvgIpc) is 3.59. The zero-order valence-corrected chi connectivity index (χ0v) is 21.0. The largest absolute Gasteiger partial charge is 0.462 e. The summed E-state index contributed by atoms with van der Waals surface area (Å²) >= 11 is 0. The third-order valence-electron chi connectivity index (χ3n) is 8.33. The molecule has 2 bridgehead atoms. The number of rotatable bonds is 5. The molecule has 4 aromatic rings. The van der Waals surface area contributed by atoms with E-state index in [9.17, 15) is 0 Å². The van der Waals surface area contributed by atoms with Gasteiger partial charge >= 0.3 is 6.01 Å². The van der Waals surface area contributed by atoms with Gasteiger partial charge in [-0.25, -0.2) is 0 Å². The molecule has 2 aromatic carbocycles. The van der Waals surface area contributed by atoms with Gasteiger partial charge in [-0.05, 0) is 75.5 Å². The number of nitrogens with zero attached hydrogens (tertiary/aromatic N) is 5. The molecule has 3 fully saturated rings. The maximum absolute atomic E-state index is 6.25. The number of ether oxygens (including phenoxy) is 1. The molecule has 3 saturated heterocycles. The van der Waals surface area contributed by atoms with Crippen LogP contribution in [0.5, 0.6) is 6.01 Å². The Balaban J connectivity index is 1.28. The fourth-order valence-electron chi connectivity index (χ4n) is 6.23. The number of hydrogen-bond acceptors (Lipinski definition) is 7. The van der Waals surface area contributed by atoms with Gasteiger partial charge in [0.15, 0.2) is 0 Å². The number of aryl methyl sites for hydroxylation is 1. The van der Waals surface area contributed by atoms with Crippen molar-refractivity contribution < 1.29 is 4.74 Å². The molecule has 0 spiro atoms. The first kappa shape index (κ1) is 22.0. The van der Waals surface area contributed by atoms with Crippen molar-refractivity contribution in [2.45, 2.75) is 50.7 Å². The quantitative estimate of drug-likeness (QED) is 0.446. The van der Waals surface area contributed by atoms with Crippen LogP contribution < -0.4 is 15.0 Å². The lowest BCUT2D eigenvalue weighted by Crippen LogP contribution is -2.51. The van der Waals surface area contributed by atoms with E-state index < -0.39 is 0 Å². The highest BCUT2D eigenvalue weighted by Crippen LogP contribution is 2.34. The van der Waals surface area contributed by atoms with Gasteiger partial charge in [0.25, 0.3) is 0 Å². The van der Waals surface area contributed by atoms with Crippen LogP contribution in [0.3, 0.4) is 0 Å². The Morgan fingerprint density at radius 2 is 1.69 bits per heavy atom. The summed E-state index contributed by atoms with van der Waals surface area (Å²) in [5.41, 5.74) is 5.25. The second kappa shape index (κ2) is 8.71. The number of hydrogen-bond donors (Lipinski definition) is 2. The van der Waals surface area contributed by atoms with Crippen LogP contribution in [0.1, 0.15) is 31.4 Å². The topological polar surface area (TPSA) is 82.2 Å². The van der Waals surface area contributed by atoms with Crippen molar-refractivity contribution in [2.75, 3.05) is 38.2 Å². The van der Waals surface area contributed by atoms with E-state index in [2.05, 4.69) is 75.7 Å². The summed E-state index contributed by atoms with van der Waals surface area (Å²) in [5, 5.41) is 13.5. The summed E-state index contributed by atoms with van der Waals surface area (Å²) in [5.74, 6) is 0.998. The molecule has 0 radical (unpaired) electrons. The lowest BCUT2D eigenvalue weighted by Gasteiger charge is -2.34. The molecule has 3 atom stereocenters. The molecule has 8 nitrogen and oxygen atoms in total. The van der Waals surface area contributed by atoms with Gasteiger partial charge < -0.3 is 19.9 Å². The van der Waals surface area contributed by atoms with Gasteiger partial charge in [0, 0.05) is 47.7 Å². The summed E-state index contributed by atoms with van der Waals surface area (Å²) in [7, 11) is 2.17. The molecule has 36 heavy (non-hydrogen) atoms. The van der Waals surface area contributed by atoms with Crippen LogP contribution in [-0.2, 0) is 0 Å². The van der Waals surface area contributed by atoms with Crippen molar-refractivity contribution in [2.24, 2.45) is 0 Å². The minimum absolute atomic E-state index is 0.429. The SMILES string of the molecule is Cc1[nH]nc2cc(-c3ccc4c(N5CC6CCC(C5)N6)nc(OC[C@@H]5CCCN5C)nc4c3)ccc12. The fourth-order valence-corrected chi connectivity index (χ4v) is 6.23. The zero-order valence-electron chi connectivity index (χ0n) is 21.0. The number of fused-ring (bicyclic) bond motifs is 4. The molecule has 3 aliphatic rings. The van der Waals surface area contributed by atoms with E-state index in [4.69, 9.17) is 14.7 Å². The van der Waals surface area contributed by atoms with E-state index in [1.165, 1.54) is 19.3 Å². The van der Waals surface area contributed by atoms with Gasteiger partial charge in [0.1, 0.15) is 12.4 Å². The van der Waals surface area contributed by atoms with Gasteiger partial charge in [-0.1, -0.05) is 18.2 Å². The fraction of sp³-hybridized carbons (Fsp3) is 0.464. The second-order valence-electron chi connectivity index (χ2n) is 10.8. The smallest absolute Gasteiger partial charge is 0.319 e. The van der Waals surface area contributed by atoms with Crippen molar-refractivity contribution in [1.82, 2.24) is 30.4 Å². The highest BCUT2D eigenvalue weighted by Gasteiger charge is 2.33. The maximum atomic E-state index is 6.25. The van der Waals surface area contributed by atoms with E-state index in [0.717, 1.165) is 70.5 Å². The molecule has 186 valence electrons. The third kappa shape index (κ3) is 3.89. The Bertz CT molecular complexity index is 1420. The van der Waals surface area contributed by atoms with Crippen LogP contribution in [0.25, 0.3) is 32.9 Å². The predicted molar refractivity (Wildman–Crippen MR) is 143 cm³/mol. The minimum Gasteiger partial charge on any atom is -0.462 e. The standard InChI is InChI=1S/C28H33N7O/c1-17-23-9-5-19(13-26(23)33-32-17)18-6-10-24-25(12-18)30-28(36-16-22-4-3-11-34(22)2)31-27(24)35-14-20-7-8-21(15-35)29-20/h5-6,9-10,12-13,20-22,29H,3-4,7-8,11,14-16H2,1-2H3,(H,32,33)/t20?,21?,22-/m0/s1. The number of likely N-dealkylation sites (tertiary alicyclic amines) is 1. The predicted octanol–water partition coefficient (Wildman–Crippen LogP) is 3.90. The number of likely N-dealkylation sites (N-methyl/N-ethyl adjacent to an activating group) is 1. The molecule has 0 amide bonds. The van der Waals surface area contributed by atoms with E-state index in [1.54, 1.807) is 0 Å². The van der Waals surface area contributed by atoms with Gasteiger partial charge in [0.05, 0.1) is 11.0 Å². The lowest BCUT2D eigenvalue weighted by atomic mass is 10.0.